The van der Waals surface area contributed by atoms with Crippen molar-refractivity contribution >= 4 is 5.78 Å². The summed E-state index contributed by atoms with van der Waals surface area (Å²) in [6.07, 6.45) is 23.8. The molecule has 1 rings (SSSR count). The molecule has 30 heavy (non-hydrogen) atoms. The highest BCUT2D eigenvalue weighted by Gasteiger charge is 2.08. The molecule has 0 atom stereocenters. The summed E-state index contributed by atoms with van der Waals surface area (Å²) >= 11 is 0. The van der Waals surface area contributed by atoms with E-state index in [1.54, 1.807) is 38.5 Å². The molecule has 3 heteroatoms. The number of ketones is 1. The van der Waals surface area contributed by atoms with E-state index in [0.717, 1.165) is 12.8 Å². The molecule has 0 bridgehead atoms. The molecule has 0 fully saturated rings. The highest BCUT2D eigenvalue weighted by molar-refractivity contribution is 6.04. The van der Waals surface area contributed by atoms with Crippen molar-refractivity contribution in [3.8, 4) is 11.5 Å². The van der Waals surface area contributed by atoms with Gasteiger partial charge in [-0.15, -0.1) is 0 Å². The van der Waals surface area contributed by atoms with Crippen LogP contribution in [0.15, 0.2) is 30.4 Å². The fourth-order valence-electron chi connectivity index (χ4n) is 3.73. The molecular weight excluding hydrogens is 372 g/mol. The predicted octanol–water partition coefficient (Wildman–Crippen LogP) is 8.31. The fourth-order valence-corrected chi connectivity index (χ4v) is 3.73. The van der Waals surface area contributed by atoms with Crippen LogP contribution in [0.1, 0.15) is 114 Å². The Morgan fingerprint density at radius 2 is 1.23 bits per heavy atom. The second kappa shape index (κ2) is 18.0. The van der Waals surface area contributed by atoms with E-state index in [9.17, 15) is 4.79 Å². The first-order valence-corrected chi connectivity index (χ1v) is 12.2. The van der Waals surface area contributed by atoms with Crippen molar-refractivity contribution in [2.24, 2.45) is 0 Å². The lowest BCUT2D eigenvalue weighted by atomic mass is 10.0. The zero-order chi connectivity index (χ0) is 21.9. The Kier molecular flexibility index (Phi) is 15.8. The second-order valence-electron chi connectivity index (χ2n) is 8.22. The monoisotopic (exact) mass is 416 g/mol. The molecule has 170 valence electrons. The zero-order valence-electron chi connectivity index (χ0n) is 19.7. The van der Waals surface area contributed by atoms with Crippen LogP contribution in [0.3, 0.4) is 0 Å². The first kappa shape index (κ1) is 26.3. The molecule has 0 N–H and O–H groups in total. The molecule has 0 heterocycles. The van der Waals surface area contributed by atoms with E-state index >= 15 is 0 Å². The number of methoxy groups -OCH3 is 2. The summed E-state index contributed by atoms with van der Waals surface area (Å²) in [5.41, 5.74) is 0.629. The predicted molar refractivity (Wildman–Crippen MR) is 128 cm³/mol. The van der Waals surface area contributed by atoms with Gasteiger partial charge in [-0.3, -0.25) is 4.79 Å². The van der Waals surface area contributed by atoms with Crippen LogP contribution in [-0.4, -0.2) is 20.0 Å². The number of benzene rings is 1. The van der Waals surface area contributed by atoms with Crippen molar-refractivity contribution in [1.82, 2.24) is 0 Å². The normalized spacial score (nSPS) is 11.2. The van der Waals surface area contributed by atoms with Crippen LogP contribution >= 0.6 is 0 Å². The Balaban J connectivity index is 2.00. The maximum Gasteiger partial charge on any atom is 0.185 e. The molecule has 1 aromatic rings. The number of hydrogen-bond donors (Lipinski definition) is 0. The third-order valence-electron chi connectivity index (χ3n) is 5.66. The third-order valence-corrected chi connectivity index (χ3v) is 5.66. The van der Waals surface area contributed by atoms with Gasteiger partial charge in [0.1, 0.15) is 0 Å². The molecule has 0 aliphatic carbocycles. The van der Waals surface area contributed by atoms with E-state index in [1.807, 2.05) is 6.08 Å². The summed E-state index contributed by atoms with van der Waals surface area (Å²) in [6.45, 7) is 2.28. The molecule has 0 saturated carbocycles. The number of carbonyl (C=O) groups is 1. The average Bonchev–Trinajstić information content (AvgIpc) is 2.78. The lowest BCUT2D eigenvalue weighted by Crippen LogP contribution is -1.97. The maximum atomic E-state index is 12.3. The molecule has 1 aromatic carbocycles. The fraction of sp³-hybridized carbons (Fsp3) is 0.667. The van der Waals surface area contributed by atoms with E-state index in [4.69, 9.17) is 9.47 Å². The quantitative estimate of drug-likeness (QED) is 0.129. The Morgan fingerprint density at radius 1 is 0.733 bits per heavy atom. The van der Waals surface area contributed by atoms with Gasteiger partial charge in [-0.25, -0.2) is 0 Å². The van der Waals surface area contributed by atoms with Gasteiger partial charge in [-0.05, 0) is 37.1 Å². The molecule has 0 saturated heterocycles. The topological polar surface area (TPSA) is 35.5 Å². The minimum atomic E-state index is 0.0151. The van der Waals surface area contributed by atoms with Crippen molar-refractivity contribution < 1.29 is 14.3 Å². The van der Waals surface area contributed by atoms with Gasteiger partial charge in [-0.2, -0.15) is 0 Å². The van der Waals surface area contributed by atoms with Crippen LogP contribution in [0, 0.1) is 0 Å². The molecular formula is C27H44O3. The molecule has 0 spiro atoms. The number of ether oxygens (including phenoxy) is 2. The number of unbranched alkanes of at least 4 members (excludes halogenated alkanes) is 14. The third kappa shape index (κ3) is 12.0. The smallest absolute Gasteiger partial charge is 0.185 e. The molecule has 0 amide bonds. The molecule has 0 aliphatic rings. The standard InChI is InChI=1S/C27H44O3/c1-4-5-6-7-8-9-10-11-12-13-14-15-16-17-18-19-20-25(28)24-21-22-26(29-2)27(23-24)30-3/h19-23H,4-18H2,1-3H3. The number of hydrogen-bond acceptors (Lipinski definition) is 3. The zero-order valence-corrected chi connectivity index (χ0v) is 19.7. The van der Waals surface area contributed by atoms with Crippen LogP contribution in [0.4, 0.5) is 0 Å². The van der Waals surface area contributed by atoms with Crippen LogP contribution < -0.4 is 9.47 Å². The summed E-state index contributed by atoms with van der Waals surface area (Å²) in [4.78, 5) is 12.3. The van der Waals surface area contributed by atoms with Crippen molar-refractivity contribution in [3.05, 3.63) is 35.9 Å². The van der Waals surface area contributed by atoms with Crippen LogP contribution in [0.5, 0.6) is 11.5 Å². The summed E-state index contributed by atoms with van der Waals surface area (Å²) < 4.78 is 10.5. The summed E-state index contributed by atoms with van der Waals surface area (Å²) in [7, 11) is 3.17. The average molecular weight is 417 g/mol. The lowest BCUT2D eigenvalue weighted by Gasteiger charge is -2.07. The summed E-state index contributed by atoms with van der Waals surface area (Å²) in [5.74, 6) is 1.24. The van der Waals surface area contributed by atoms with Gasteiger partial charge in [0.2, 0.25) is 0 Å². The summed E-state index contributed by atoms with van der Waals surface area (Å²) in [5, 5.41) is 0. The molecule has 0 unspecified atom stereocenters. The largest absolute Gasteiger partial charge is 0.493 e. The maximum absolute atomic E-state index is 12.3. The van der Waals surface area contributed by atoms with E-state index in [2.05, 4.69) is 6.92 Å². The number of rotatable bonds is 19. The number of carbonyl (C=O) groups excluding carboxylic acids is 1. The van der Waals surface area contributed by atoms with Crippen molar-refractivity contribution in [3.63, 3.8) is 0 Å². The first-order valence-electron chi connectivity index (χ1n) is 12.2. The Morgan fingerprint density at radius 3 is 1.73 bits per heavy atom. The van der Waals surface area contributed by atoms with Gasteiger partial charge >= 0.3 is 0 Å². The highest BCUT2D eigenvalue weighted by atomic mass is 16.5. The molecule has 0 radical (unpaired) electrons. The van der Waals surface area contributed by atoms with Crippen LogP contribution in [-0.2, 0) is 0 Å². The summed E-state index contributed by atoms with van der Waals surface area (Å²) in [6, 6.07) is 5.28. The van der Waals surface area contributed by atoms with Gasteiger partial charge in [0, 0.05) is 5.56 Å². The van der Waals surface area contributed by atoms with Gasteiger partial charge in [0.25, 0.3) is 0 Å². The minimum Gasteiger partial charge on any atom is -0.493 e. The molecule has 3 nitrogen and oxygen atoms in total. The van der Waals surface area contributed by atoms with E-state index in [1.165, 1.54) is 83.5 Å². The van der Waals surface area contributed by atoms with Crippen molar-refractivity contribution in [2.45, 2.75) is 103 Å². The number of allylic oxidation sites excluding steroid dienone is 2. The van der Waals surface area contributed by atoms with Gasteiger partial charge in [-0.1, -0.05) is 96.5 Å². The van der Waals surface area contributed by atoms with Crippen molar-refractivity contribution in [2.75, 3.05) is 14.2 Å². The first-order chi connectivity index (χ1) is 14.7. The highest BCUT2D eigenvalue weighted by Crippen LogP contribution is 2.27. The molecule has 0 aromatic heterocycles. The Bertz CT molecular complexity index is 592. The minimum absolute atomic E-state index is 0.0151. The second-order valence-corrected chi connectivity index (χ2v) is 8.22. The van der Waals surface area contributed by atoms with Gasteiger partial charge in [0.05, 0.1) is 14.2 Å². The van der Waals surface area contributed by atoms with Crippen LogP contribution in [0.2, 0.25) is 0 Å². The Labute approximate surface area is 185 Å². The Hall–Kier alpha value is -1.77. The van der Waals surface area contributed by atoms with Crippen molar-refractivity contribution in [1.29, 1.82) is 0 Å². The van der Waals surface area contributed by atoms with E-state index in [0.29, 0.717) is 17.1 Å². The van der Waals surface area contributed by atoms with Crippen LogP contribution in [0.25, 0.3) is 0 Å². The SMILES string of the molecule is CCCCCCCCCCCCCCCCC=CC(=O)c1ccc(OC)c(OC)c1. The molecule has 0 aliphatic heterocycles. The lowest BCUT2D eigenvalue weighted by molar-refractivity contribution is 0.104. The van der Waals surface area contributed by atoms with Gasteiger partial charge < -0.3 is 9.47 Å². The van der Waals surface area contributed by atoms with E-state index in [-0.39, 0.29) is 5.78 Å². The van der Waals surface area contributed by atoms with Gasteiger partial charge in [0.15, 0.2) is 17.3 Å². The van der Waals surface area contributed by atoms with E-state index < -0.39 is 0 Å².